The van der Waals surface area contributed by atoms with Crippen LogP contribution in [0.4, 0.5) is 4.79 Å². The molecule has 2 heterocycles. The Morgan fingerprint density at radius 1 is 1.39 bits per heavy atom. The van der Waals surface area contributed by atoms with E-state index >= 15 is 0 Å². The summed E-state index contributed by atoms with van der Waals surface area (Å²) in [7, 11) is 0. The number of ether oxygens (including phenoxy) is 1. The first kappa shape index (κ1) is 15.3. The molecule has 0 saturated carbocycles. The molecule has 2 aliphatic heterocycles. The fourth-order valence-electron chi connectivity index (χ4n) is 3.02. The highest BCUT2D eigenvalue weighted by molar-refractivity contribution is 6.07. The van der Waals surface area contributed by atoms with Crippen LogP contribution >= 0.6 is 0 Å². The Morgan fingerprint density at radius 2 is 2.13 bits per heavy atom. The highest BCUT2D eigenvalue weighted by Gasteiger charge is 2.54. The summed E-state index contributed by atoms with van der Waals surface area (Å²) in [5, 5.41) is 12.0. The Balaban J connectivity index is 1.89. The van der Waals surface area contributed by atoms with Crippen molar-refractivity contribution in [2.75, 3.05) is 13.2 Å². The summed E-state index contributed by atoms with van der Waals surface area (Å²) in [6, 6.07) is 9.08. The van der Waals surface area contributed by atoms with E-state index < -0.39 is 17.0 Å². The number of hydrogen-bond donors (Lipinski definition) is 1. The normalized spacial score (nSPS) is 23.3. The second kappa shape index (κ2) is 5.27. The number of carbonyl (C=O) groups is 2. The first-order chi connectivity index (χ1) is 10.9. The lowest BCUT2D eigenvalue weighted by atomic mass is 9.84. The Labute approximate surface area is 135 Å². The van der Waals surface area contributed by atoms with E-state index in [1.165, 1.54) is 4.90 Å². The summed E-state index contributed by atoms with van der Waals surface area (Å²) in [4.78, 5) is 26.5. The van der Waals surface area contributed by atoms with Crippen molar-refractivity contribution in [3.8, 4) is 11.8 Å². The van der Waals surface area contributed by atoms with Crippen LogP contribution < -0.4 is 10.1 Å². The topological polar surface area (TPSA) is 82.4 Å². The molecule has 1 saturated heterocycles. The maximum Gasteiger partial charge on any atom is 0.325 e. The molecule has 1 atom stereocenters. The molecule has 1 fully saturated rings. The number of urea groups is 1. The van der Waals surface area contributed by atoms with Gasteiger partial charge in [-0.1, -0.05) is 18.2 Å². The number of benzene rings is 1. The SMILES string of the molecule is CC(C)(C#N)CCN1C(=O)NC2(CCOc3ccccc32)C1=O. The van der Waals surface area contributed by atoms with E-state index in [0.29, 0.717) is 30.8 Å². The van der Waals surface area contributed by atoms with Gasteiger partial charge in [0.2, 0.25) is 0 Å². The standard InChI is InChI=1S/C17H19N3O3/c1-16(2,11-18)7-9-20-14(21)17(19-15(20)22)8-10-23-13-6-4-3-5-12(13)17/h3-6H,7-10H2,1-2H3,(H,19,22). The molecule has 0 aromatic heterocycles. The number of hydrogen-bond acceptors (Lipinski definition) is 4. The third kappa shape index (κ3) is 2.42. The van der Waals surface area contributed by atoms with Crippen molar-refractivity contribution in [3.05, 3.63) is 29.8 Å². The molecule has 0 bridgehead atoms. The minimum atomic E-state index is -1.04. The van der Waals surface area contributed by atoms with Crippen molar-refractivity contribution in [1.29, 1.82) is 5.26 Å². The van der Waals surface area contributed by atoms with Gasteiger partial charge in [0, 0.05) is 18.5 Å². The zero-order valence-electron chi connectivity index (χ0n) is 13.3. The summed E-state index contributed by atoms with van der Waals surface area (Å²) in [6.07, 6.45) is 0.851. The van der Waals surface area contributed by atoms with Gasteiger partial charge in [0.25, 0.3) is 5.91 Å². The fraction of sp³-hybridized carbons (Fsp3) is 0.471. The predicted octanol–water partition coefficient (Wildman–Crippen LogP) is 2.16. The number of amides is 3. The molecule has 23 heavy (non-hydrogen) atoms. The van der Waals surface area contributed by atoms with E-state index in [1.807, 2.05) is 18.2 Å². The monoisotopic (exact) mass is 313 g/mol. The molecular weight excluding hydrogens is 294 g/mol. The van der Waals surface area contributed by atoms with Crippen LogP contribution in [-0.2, 0) is 10.3 Å². The van der Waals surface area contributed by atoms with E-state index in [4.69, 9.17) is 10.00 Å². The van der Waals surface area contributed by atoms with Gasteiger partial charge in [-0.2, -0.15) is 5.26 Å². The fourth-order valence-corrected chi connectivity index (χ4v) is 3.02. The molecule has 6 heteroatoms. The highest BCUT2D eigenvalue weighted by atomic mass is 16.5. The second-order valence-electron chi connectivity index (χ2n) is 6.63. The third-order valence-corrected chi connectivity index (χ3v) is 4.52. The molecule has 0 radical (unpaired) electrons. The van der Waals surface area contributed by atoms with Gasteiger partial charge in [-0.05, 0) is 26.3 Å². The van der Waals surface area contributed by atoms with Gasteiger partial charge in [0.15, 0.2) is 5.54 Å². The van der Waals surface area contributed by atoms with Gasteiger partial charge in [0.05, 0.1) is 18.1 Å². The highest BCUT2D eigenvalue weighted by Crippen LogP contribution is 2.41. The zero-order valence-corrected chi connectivity index (χ0v) is 13.3. The molecule has 1 aromatic carbocycles. The Bertz CT molecular complexity index is 707. The summed E-state index contributed by atoms with van der Waals surface area (Å²) in [5.41, 5.74) is -0.918. The van der Waals surface area contributed by atoms with Crippen molar-refractivity contribution in [2.45, 2.75) is 32.2 Å². The van der Waals surface area contributed by atoms with Crippen LogP contribution in [0.2, 0.25) is 0 Å². The predicted molar refractivity (Wildman–Crippen MR) is 82.5 cm³/mol. The van der Waals surface area contributed by atoms with Crippen molar-refractivity contribution in [1.82, 2.24) is 10.2 Å². The minimum Gasteiger partial charge on any atom is -0.493 e. The summed E-state index contributed by atoms with van der Waals surface area (Å²) >= 11 is 0. The largest absolute Gasteiger partial charge is 0.493 e. The number of nitrogens with zero attached hydrogens (tertiary/aromatic N) is 2. The average Bonchev–Trinajstić information content (AvgIpc) is 2.77. The summed E-state index contributed by atoms with van der Waals surface area (Å²) < 4.78 is 5.60. The van der Waals surface area contributed by atoms with Crippen LogP contribution in [0, 0.1) is 16.7 Å². The molecular formula is C17H19N3O3. The van der Waals surface area contributed by atoms with Gasteiger partial charge in [0.1, 0.15) is 5.75 Å². The quantitative estimate of drug-likeness (QED) is 0.867. The van der Waals surface area contributed by atoms with Crippen LogP contribution in [0.5, 0.6) is 5.75 Å². The number of carbonyl (C=O) groups excluding carboxylic acids is 2. The summed E-state index contributed by atoms with van der Waals surface area (Å²) in [5.74, 6) is 0.374. The van der Waals surface area contributed by atoms with Gasteiger partial charge in [-0.15, -0.1) is 0 Å². The lowest BCUT2D eigenvalue weighted by Gasteiger charge is -2.33. The van der Waals surface area contributed by atoms with Crippen molar-refractivity contribution in [2.24, 2.45) is 5.41 Å². The number of para-hydroxylation sites is 1. The molecule has 6 nitrogen and oxygen atoms in total. The van der Waals surface area contributed by atoms with Crippen molar-refractivity contribution < 1.29 is 14.3 Å². The zero-order chi connectivity index (χ0) is 16.7. The van der Waals surface area contributed by atoms with E-state index in [9.17, 15) is 9.59 Å². The lowest BCUT2D eigenvalue weighted by Crippen LogP contribution is -2.47. The van der Waals surface area contributed by atoms with Gasteiger partial charge >= 0.3 is 6.03 Å². The Hall–Kier alpha value is -2.55. The smallest absolute Gasteiger partial charge is 0.325 e. The minimum absolute atomic E-state index is 0.232. The molecule has 120 valence electrons. The van der Waals surface area contributed by atoms with Gasteiger partial charge < -0.3 is 10.1 Å². The Morgan fingerprint density at radius 3 is 2.87 bits per heavy atom. The number of rotatable bonds is 3. The molecule has 3 amide bonds. The van der Waals surface area contributed by atoms with Crippen LogP contribution in [-0.4, -0.2) is 30.0 Å². The first-order valence-corrected chi connectivity index (χ1v) is 7.67. The van der Waals surface area contributed by atoms with E-state index in [0.717, 1.165) is 0 Å². The van der Waals surface area contributed by atoms with Crippen LogP contribution in [0.25, 0.3) is 0 Å². The van der Waals surface area contributed by atoms with Crippen LogP contribution in [0.3, 0.4) is 0 Å². The number of imide groups is 1. The molecule has 3 rings (SSSR count). The van der Waals surface area contributed by atoms with Crippen LogP contribution in [0.1, 0.15) is 32.3 Å². The van der Waals surface area contributed by atoms with Gasteiger partial charge in [-0.3, -0.25) is 9.69 Å². The van der Waals surface area contributed by atoms with Crippen molar-refractivity contribution in [3.63, 3.8) is 0 Å². The second-order valence-corrected chi connectivity index (χ2v) is 6.63. The third-order valence-electron chi connectivity index (χ3n) is 4.52. The average molecular weight is 313 g/mol. The maximum absolute atomic E-state index is 13.0. The molecule has 1 unspecified atom stereocenters. The molecule has 1 N–H and O–H groups in total. The summed E-state index contributed by atoms with van der Waals surface area (Å²) in [6.45, 7) is 4.20. The van der Waals surface area contributed by atoms with E-state index in [1.54, 1.807) is 19.9 Å². The van der Waals surface area contributed by atoms with E-state index in [-0.39, 0.29) is 12.5 Å². The first-order valence-electron chi connectivity index (χ1n) is 7.67. The van der Waals surface area contributed by atoms with Gasteiger partial charge in [-0.25, -0.2) is 4.79 Å². The molecule has 1 spiro atoms. The molecule has 2 aliphatic rings. The van der Waals surface area contributed by atoms with E-state index in [2.05, 4.69) is 11.4 Å². The molecule has 0 aliphatic carbocycles. The molecule has 1 aromatic rings. The number of nitriles is 1. The number of nitrogens with one attached hydrogen (secondary N) is 1. The Kier molecular flexibility index (Phi) is 3.52. The van der Waals surface area contributed by atoms with Crippen molar-refractivity contribution >= 4 is 11.9 Å². The maximum atomic E-state index is 13.0. The van der Waals surface area contributed by atoms with Crippen LogP contribution in [0.15, 0.2) is 24.3 Å². The lowest BCUT2D eigenvalue weighted by molar-refractivity contribution is -0.132. The number of fused-ring (bicyclic) bond motifs is 2.